The number of rotatable bonds is 4. The Kier molecular flexibility index (Phi) is 5.20. The van der Waals surface area contributed by atoms with Gasteiger partial charge in [0.2, 0.25) is 8.38 Å². The molecule has 1 rings (SSSR count). The SMILES string of the molecule is CCC1=C(C)CC=C(OCP(O)O)C=C1C. The van der Waals surface area contributed by atoms with Gasteiger partial charge in [0.25, 0.3) is 0 Å². The van der Waals surface area contributed by atoms with Crippen LogP contribution in [-0.4, -0.2) is 16.1 Å². The van der Waals surface area contributed by atoms with Gasteiger partial charge in [-0.15, -0.1) is 0 Å². The van der Waals surface area contributed by atoms with Crippen LogP contribution in [0.2, 0.25) is 0 Å². The van der Waals surface area contributed by atoms with Crippen molar-refractivity contribution in [1.29, 1.82) is 0 Å². The molecular formula is C12H19O3P. The summed E-state index contributed by atoms with van der Waals surface area (Å²) in [6.45, 7) is 6.33. The van der Waals surface area contributed by atoms with E-state index < -0.39 is 8.38 Å². The van der Waals surface area contributed by atoms with Crippen LogP contribution in [0.15, 0.2) is 34.6 Å². The lowest BCUT2D eigenvalue weighted by molar-refractivity contribution is 0.260. The van der Waals surface area contributed by atoms with E-state index in [0.717, 1.165) is 18.6 Å². The van der Waals surface area contributed by atoms with Crippen molar-refractivity contribution in [2.75, 3.05) is 6.35 Å². The zero-order valence-electron chi connectivity index (χ0n) is 10.0. The minimum absolute atomic E-state index is 0.0224. The lowest BCUT2D eigenvalue weighted by Crippen LogP contribution is -1.92. The van der Waals surface area contributed by atoms with E-state index in [0.29, 0.717) is 0 Å². The number of hydrogen-bond donors (Lipinski definition) is 2. The summed E-state index contributed by atoms with van der Waals surface area (Å²) in [5.41, 5.74) is 3.92. The van der Waals surface area contributed by atoms with Crippen molar-refractivity contribution < 1.29 is 14.5 Å². The van der Waals surface area contributed by atoms with Crippen molar-refractivity contribution in [2.45, 2.75) is 33.6 Å². The third-order valence-corrected chi connectivity index (χ3v) is 3.02. The first-order valence-electron chi connectivity index (χ1n) is 5.40. The first-order valence-corrected chi connectivity index (χ1v) is 6.83. The van der Waals surface area contributed by atoms with E-state index in [2.05, 4.69) is 20.8 Å². The topological polar surface area (TPSA) is 49.7 Å². The highest BCUT2D eigenvalue weighted by atomic mass is 31.2. The van der Waals surface area contributed by atoms with E-state index >= 15 is 0 Å². The zero-order chi connectivity index (χ0) is 12.1. The Hall–Kier alpha value is -0.630. The molecule has 16 heavy (non-hydrogen) atoms. The molecule has 0 fully saturated rings. The molecule has 0 radical (unpaired) electrons. The van der Waals surface area contributed by atoms with Crippen LogP contribution in [0, 0.1) is 0 Å². The van der Waals surface area contributed by atoms with E-state index in [1.54, 1.807) is 0 Å². The van der Waals surface area contributed by atoms with Crippen LogP contribution in [0.4, 0.5) is 0 Å². The Morgan fingerprint density at radius 3 is 2.62 bits per heavy atom. The minimum atomic E-state index is -1.98. The van der Waals surface area contributed by atoms with E-state index in [1.807, 2.05) is 12.2 Å². The van der Waals surface area contributed by atoms with Crippen molar-refractivity contribution >= 4 is 8.38 Å². The van der Waals surface area contributed by atoms with E-state index in [-0.39, 0.29) is 6.35 Å². The van der Waals surface area contributed by atoms with Crippen LogP contribution in [0.3, 0.4) is 0 Å². The van der Waals surface area contributed by atoms with Gasteiger partial charge in [0.1, 0.15) is 5.76 Å². The Balaban J connectivity index is 2.76. The molecule has 0 amide bonds. The first-order chi connectivity index (χ1) is 7.54. The predicted octanol–water partition coefficient (Wildman–Crippen LogP) is 3.22. The molecule has 0 aromatic heterocycles. The maximum Gasteiger partial charge on any atom is 0.205 e. The molecule has 0 aliphatic heterocycles. The standard InChI is InChI=1S/C12H19O3P/c1-4-12-9(2)5-6-11(7-10(12)3)15-8-16(13)14/h6-7,13-14H,4-5,8H2,1-3H3. The highest BCUT2D eigenvalue weighted by molar-refractivity contribution is 7.44. The second-order valence-corrected chi connectivity index (χ2v) is 4.90. The minimum Gasteiger partial charge on any atom is -0.485 e. The summed E-state index contributed by atoms with van der Waals surface area (Å²) >= 11 is 0. The van der Waals surface area contributed by atoms with Crippen LogP contribution in [-0.2, 0) is 4.74 Å². The third-order valence-electron chi connectivity index (χ3n) is 2.66. The Morgan fingerprint density at radius 1 is 1.38 bits per heavy atom. The fourth-order valence-electron chi connectivity index (χ4n) is 1.89. The molecule has 0 spiro atoms. The predicted molar refractivity (Wildman–Crippen MR) is 66.8 cm³/mol. The summed E-state index contributed by atoms with van der Waals surface area (Å²) in [5, 5.41) is 0. The van der Waals surface area contributed by atoms with Gasteiger partial charge in [-0.05, 0) is 50.0 Å². The molecule has 0 aromatic rings. The summed E-state index contributed by atoms with van der Waals surface area (Å²) < 4.78 is 5.32. The molecule has 0 aromatic carbocycles. The second kappa shape index (κ2) is 6.19. The molecule has 0 unspecified atom stereocenters. The quantitative estimate of drug-likeness (QED) is 0.744. The molecule has 1 aliphatic carbocycles. The van der Waals surface area contributed by atoms with Gasteiger partial charge in [-0.1, -0.05) is 12.5 Å². The summed E-state index contributed by atoms with van der Waals surface area (Å²) in [4.78, 5) is 17.6. The normalized spacial score (nSPS) is 17.1. The van der Waals surface area contributed by atoms with E-state index in [1.165, 1.54) is 16.7 Å². The van der Waals surface area contributed by atoms with Crippen molar-refractivity contribution in [3.05, 3.63) is 34.6 Å². The molecule has 0 atom stereocenters. The van der Waals surface area contributed by atoms with Crippen molar-refractivity contribution in [3.63, 3.8) is 0 Å². The van der Waals surface area contributed by atoms with Crippen LogP contribution in [0.5, 0.6) is 0 Å². The molecule has 90 valence electrons. The summed E-state index contributed by atoms with van der Waals surface area (Å²) in [5.74, 6) is 0.732. The third kappa shape index (κ3) is 3.75. The van der Waals surface area contributed by atoms with Crippen molar-refractivity contribution in [3.8, 4) is 0 Å². The van der Waals surface area contributed by atoms with Gasteiger partial charge >= 0.3 is 0 Å². The number of ether oxygens (including phenoxy) is 1. The molecule has 0 saturated carbocycles. The lowest BCUT2D eigenvalue weighted by Gasteiger charge is -2.08. The highest BCUT2D eigenvalue weighted by Crippen LogP contribution is 2.29. The second-order valence-electron chi connectivity index (χ2n) is 3.90. The number of allylic oxidation sites excluding steroid dienone is 5. The fraction of sp³-hybridized carbons (Fsp3) is 0.500. The summed E-state index contributed by atoms with van der Waals surface area (Å²) in [7, 11) is -1.98. The Morgan fingerprint density at radius 2 is 2.06 bits per heavy atom. The van der Waals surface area contributed by atoms with Gasteiger partial charge < -0.3 is 14.5 Å². The van der Waals surface area contributed by atoms with Crippen molar-refractivity contribution in [1.82, 2.24) is 0 Å². The van der Waals surface area contributed by atoms with Gasteiger partial charge in [0.05, 0.1) is 0 Å². The van der Waals surface area contributed by atoms with Gasteiger partial charge in [-0.25, -0.2) is 0 Å². The summed E-state index contributed by atoms with van der Waals surface area (Å²) in [6.07, 6.45) is 5.81. The van der Waals surface area contributed by atoms with Gasteiger partial charge in [0.15, 0.2) is 6.35 Å². The van der Waals surface area contributed by atoms with Gasteiger partial charge in [-0.2, -0.15) is 0 Å². The average molecular weight is 242 g/mol. The van der Waals surface area contributed by atoms with E-state index in [4.69, 9.17) is 14.5 Å². The molecular weight excluding hydrogens is 223 g/mol. The Bertz CT molecular complexity index is 340. The Labute approximate surface area is 98.1 Å². The van der Waals surface area contributed by atoms with Crippen molar-refractivity contribution in [2.24, 2.45) is 0 Å². The molecule has 4 heteroatoms. The molecule has 0 saturated heterocycles. The smallest absolute Gasteiger partial charge is 0.205 e. The fourth-order valence-corrected chi connectivity index (χ4v) is 2.15. The molecule has 3 nitrogen and oxygen atoms in total. The lowest BCUT2D eigenvalue weighted by atomic mass is 9.99. The highest BCUT2D eigenvalue weighted by Gasteiger charge is 2.09. The van der Waals surface area contributed by atoms with Crippen LogP contribution < -0.4 is 0 Å². The molecule has 1 aliphatic rings. The summed E-state index contributed by atoms with van der Waals surface area (Å²) in [6, 6.07) is 0. The molecule has 2 N–H and O–H groups in total. The first kappa shape index (κ1) is 13.4. The monoisotopic (exact) mass is 242 g/mol. The van der Waals surface area contributed by atoms with E-state index in [9.17, 15) is 0 Å². The van der Waals surface area contributed by atoms with Gasteiger partial charge in [-0.3, -0.25) is 0 Å². The molecule has 0 bridgehead atoms. The largest absolute Gasteiger partial charge is 0.485 e. The molecule has 0 heterocycles. The van der Waals surface area contributed by atoms with Crippen LogP contribution >= 0.6 is 8.38 Å². The maximum atomic E-state index is 8.81. The van der Waals surface area contributed by atoms with Gasteiger partial charge in [0, 0.05) is 0 Å². The maximum absolute atomic E-state index is 8.81. The van der Waals surface area contributed by atoms with Crippen LogP contribution in [0.25, 0.3) is 0 Å². The van der Waals surface area contributed by atoms with Crippen LogP contribution in [0.1, 0.15) is 33.6 Å². The number of hydrogen-bond acceptors (Lipinski definition) is 3. The zero-order valence-corrected chi connectivity index (χ0v) is 10.9. The average Bonchev–Trinajstić information content (AvgIpc) is 2.35.